The quantitative estimate of drug-likeness (QED) is 0.527. The Morgan fingerprint density at radius 2 is 1.93 bits per heavy atom. The second-order valence-electron chi connectivity index (χ2n) is 5.84. The number of nitrogens with one attached hydrogen (secondary N) is 3. The first kappa shape index (κ1) is 19.4. The fraction of sp³-hybridized carbons (Fsp3) is 0.158. The summed E-state index contributed by atoms with van der Waals surface area (Å²) in [4.78, 5) is 35.7. The predicted octanol–water partition coefficient (Wildman–Crippen LogP) is 2.52. The van der Waals surface area contributed by atoms with E-state index in [0.29, 0.717) is 16.1 Å². The predicted molar refractivity (Wildman–Crippen MR) is 104 cm³/mol. The third-order valence-electron chi connectivity index (χ3n) is 3.77. The average molecular weight is 401 g/mol. The molecule has 0 saturated carbocycles. The number of amides is 2. The zero-order valence-electron chi connectivity index (χ0n) is 14.7. The molecule has 0 saturated heterocycles. The number of carbonyl (C=O) groups is 3. The number of aromatic amines is 1. The van der Waals surface area contributed by atoms with Crippen LogP contribution in [0.5, 0.6) is 0 Å². The van der Waals surface area contributed by atoms with Crippen molar-refractivity contribution in [1.82, 2.24) is 15.5 Å². The standard InChI is InChI=1S/C19H17ClN4O4/c20-12-4-3-5-13(10-12)22-16(25)11-28-17(26)8-9-21-19(27)18-14-6-1-2-7-15(14)23-24-18/h1-7,10H,8-9,11H2,(H,21,27)(H,22,25)(H,23,24). The van der Waals surface area contributed by atoms with E-state index >= 15 is 0 Å². The van der Waals surface area contributed by atoms with Gasteiger partial charge in [-0.25, -0.2) is 0 Å². The number of hydrogen-bond acceptors (Lipinski definition) is 5. The monoisotopic (exact) mass is 400 g/mol. The van der Waals surface area contributed by atoms with Crippen molar-refractivity contribution in [3.8, 4) is 0 Å². The number of aromatic nitrogens is 2. The molecule has 3 N–H and O–H groups in total. The maximum absolute atomic E-state index is 12.2. The summed E-state index contributed by atoms with van der Waals surface area (Å²) >= 11 is 5.83. The molecule has 2 aromatic carbocycles. The second kappa shape index (κ2) is 9.01. The van der Waals surface area contributed by atoms with Gasteiger partial charge >= 0.3 is 5.97 Å². The van der Waals surface area contributed by atoms with Gasteiger partial charge in [-0.1, -0.05) is 35.9 Å². The fourth-order valence-electron chi connectivity index (χ4n) is 2.48. The molecule has 0 atom stereocenters. The first-order chi connectivity index (χ1) is 13.5. The third kappa shape index (κ3) is 5.08. The van der Waals surface area contributed by atoms with E-state index in [-0.39, 0.29) is 18.7 Å². The highest BCUT2D eigenvalue weighted by Crippen LogP contribution is 2.15. The van der Waals surface area contributed by atoms with Crippen molar-refractivity contribution in [2.45, 2.75) is 6.42 Å². The minimum Gasteiger partial charge on any atom is -0.456 e. The summed E-state index contributed by atoms with van der Waals surface area (Å²) in [6, 6.07) is 13.8. The lowest BCUT2D eigenvalue weighted by Crippen LogP contribution is -2.28. The summed E-state index contributed by atoms with van der Waals surface area (Å²) < 4.78 is 4.89. The zero-order valence-corrected chi connectivity index (χ0v) is 15.5. The summed E-state index contributed by atoms with van der Waals surface area (Å²) in [6.45, 7) is -0.363. The molecule has 0 unspecified atom stereocenters. The van der Waals surface area contributed by atoms with Crippen molar-refractivity contribution in [2.24, 2.45) is 0 Å². The van der Waals surface area contributed by atoms with Crippen molar-refractivity contribution in [2.75, 3.05) is 18.5 Å². The van der Waals surface area contributed by atoms with Crippen molar-refractivity contribution in [3.63, 3.8) is 0 Å². The fourth-order valence-corrected chi connectivity index (χ4v) is 2.67. The molecular formula is C19H17ClN4O4. The van der Waals surface area contributed by atoms with Crippen LogP contribution in [0.15, 0.2) is 48.5 Å². The molecule has 0 spiro atoms. The highest BCUT2D eigenvalue weighted by atomic mass is 35.5. The van der Waals surface area contributed by atoms with Gasteiger partial charge in [0.15, 0.2) is 12.3 Å². The largest absolute Gasteiger partial charge is 0.456 e. The van der Waals surface area contributed by atoms with Crippen LogP contribution < -0.4 is 10.6 Å². The van der Waals surface area contributed by atoms with Gasteiger partial charge in [0, 0.05) is 22.6 Å². The average Bonchev–Trinajstić information content (AvgIpc) is 3.10. The van der Waals surface area contributed by atoms with Crippen LogP contribution in [0, 0.1) is 0 Å². The third-order valence-corrected chi connectivity index (χ3v) is 4.01. The number of ether oxygens (including phenoxy) is 1. The lowest BCUT2D eigenvalue weighted by molar-refractivity contribution is -0.147. The van der Waals surface area contributed by atoms with Crippen LogP contribution in [0.1, 0.15) is 16.9 Å². The summed E-state index contributed by atoms with van der Waals surface area (Å²) in [5.74, 6) is -1.49. The van der Waals surface area contributed by atoms with Gasteiger partial charge in [0.2, 0.25) is 0 Å². The number of nitrogens with zero attached hydrogens (tertiary/aromatic N) is 1. The number of H-pyrrole nitrogens is 1. The molecule has 0 aliphatic carbocycles. The van der Waals surface area contributed by atoms with E-state index in [1.54, 1.807) is 36.4 Å². The van der Waals surface area contributed by atoms with Gasteiger partial charge < -0.3 is 15.4 Å². The Morgan fingerprint density at radius 3 is 2.75 bits per heavy atom. The minimum absolute atomic E-state index is 0.0643. The van der Waals surface area contributed by atoms with Gasteiger partial charge in [0.05, 0.1) is 11.9 Å². The minimum atomic E-state index is -0.603. The smallest absolute Gasteiger partial charge is 0.308 e. The first-order valence-electron chi connectivity index (χ1n) is 8.45. The molecule has 0 bridgehead atoms. The van der Waals surface area contributed by atoms with Crippen molar-refractivity contribution in [1.29, 1.82) is 0 Å². The molecule has 1 heterocycles. The number of halogens is 1. The van der Waals surface area contributed by atoms with Crippen LogP contribution in [0.4, 0.5) is 5.69 Å². The Bertz CT molecular complexity index is 1020. The molecule has 1 aromatic heterocycles. The van der Waals surface area contributed by atoms with Crippen molar-refractivity contribution < 1.29 is 19.1 Å². The van der Waals surface area contributed by atoms with Crippen LogP contribution in [0.25, 0.3) is 10.9 Å². The number of carbonyl (C=O) groups excluding carboxylic acids is 3. The number of esters is 1. The first-order valence-corrected chi connectivity index (χ1v) is 8.83. The van der Waals surface area contributed by atoms with E-state index in [4.69, 9.17) is 16.3 Å². The molecule has 2 amide bonds. The summed E-state index contributed by atoms with van der Waals surface area (Å²) in [6.07, 6.45) is -0.0709. The van der Waals surface area contributed by atoms with E-state index < -0.39 is 24.4 Å². The second-order valence-corrected chi connectivity index (χ2v) is 6.28. The zero-order chi connectivity index (χ0) is 19.9. The molecule has 3 rings (SSSR count). The highest BCUT2D eigenvalue weighted by molar-refractivity contribution is 6.30. The SMILES string of the molecule is O=C(COC(=O)CCNC(=O)c1n[nH]c2ccccc12)Nc1cccc(Cl)c1. The molecule has 144 valence electrons. The molecule has 28 heavy (non-hydrogen) atoms. The Kier molecular flexibility index (Phi) is 6.23. The molecule has 8 nitrogen and oxygen atoms in total. The summed E-state index contributed by atoms with van der Waals surface area (Å²) in [7, 11) is 0. The summed E-state index contributed by atoms with van der Waals surface area (Å²) in [5, 5.41) is 13.1. The molecular weight excluding hydrogens is 384 g/mol. The van der Waals surface area contributed by atoms with Gasteiger partial charge in [-0.3, -0.25) is 19.5 Å². The van der Waals surface area contributed by atoms with E-state index in [2.05, 4.69) is 20.8 Å². The number of hydrogen-bond donors (Lipinski definition) is 3. The Labute approximate surface area is 165 Å². The molecule has 0 aliphatic rings. The number of rotatable bonds is 7. The van der Waals surface area contributed by atoms with Gasteiger partial charge in [0.25, 0.3) is 11.8 Å². The van der Waals surface area contributed by atoms with Crippen LogP contribution in [-0.2, 0) is 14.3 Å². The molecule has 3 aromatic rings. The van der Waals surface area contributed by atoms with E-state index in [1.807, 2.05) is 12.1 Å². The lowest BCUT2D eigenvalue weighted by Gasteiger charge is -2.07. The normalized spacial score (nSPS) is 10.5. The maximum Gasteiger partial charge on any atom is 0.308 e. The number of para-hydroxylation sites is 1. The van der Waals surface area contributed by atoms with Crippen LogP contribution in [0.2, 0.25) is 5.02 Å². The highest BCUT2D eigenvalue weighted by Gasteiger charge is 2.14. The van der Waals surface area contributed by atoms with Gasteiger partial charge in [-0.15, -0.1) is 0 Å². The molecule has 0 radical (unpaired) electrons. The van der Waals surface area contributed by atoms with Crippen LogP contribution in [0.3, 0.4) is 0 Å². The lowest BCUT2D eigenvalue weighted by atomic mass is 10.2. The molecule has 0 aliphatic heterocycles. The molecule has 0 fully saturated rings. The van der Waals surface area contributed by atoms with E-state index in [0.717, 1.165) is 5.52 Å². The Hall–Kier alpha value is -3.39. The Morgan fingerprint density at radius 1 is 1.11 bits per heavy atom. The van der Waals surface area contributed by atoms with Gasteiger partial charge in [-0.2, -0.15) is 5.10 Å². The van der Waals surface area contributed by atoms with Gasteiger partial charge in [-0.05, 0) is 24.3 Å². The van der Waals surface area contributed by atoms with E-state index in [9.17, 15) is 14.4 Å². The van der Waals surface area contributed by atoms with Crippen molar-refractivity contribution >= 4 is 46.0 Å². The topological polar surface area (TPSA) is 113 Å². The van der Waals surface area contributed by atoms with Crippen molar-refractivity contribution in [3.05, 3.63) is 59.2 Å². The molecule has 9 heteroatoms. The summed E-state index contributed by atoms with van der Waals surface area (Å²) in [5.41, 5.74) is 1.51. The number of anilines is 1. The number of benzene rings is 2. The number of fused-ring (bicyclic) bond motifs is 1. The van der Waals surface area contributed by atoms with Crippen LogP contribution in [-0.4, -0.2) is 41.1 Å². The Balaban J connectivity index is 1.39. The maximum atomic E-state index is 12.2. The van der Waals surface area contributed by atoms with E-state index in [1.165, 1.54) is 0 Å². The van der Waals surface area contributed by atoms with Gasteiger partial charge in [0.1, 0.15) is 0 Å². The van der Waals surface area contributed by atoms with Crippen LogP contribution >= 0.6 is 11.6 Å².